The van der Waals surface area contributed by atoms with Gasteiger partial charge in [0.15, 0.2) is 11.9 Å². The molecule has 21 heavy (non-hydrogen) atoms. The van der Waals surface area contributed by atoms with Crippen LogP contribution in [0.25, 0.3) is 0 Å². The summed E-state index contributed by atoms with van der Waals surface area (Å²) in [6, 6.07) is 0. The lowest BCUT2D eigenvalue weighted by Crippen LogP contribution is -2.72. The zero-order valence-corrected chi connectivity index (χ0v) is 10.9. The molecule has 0 unspecified atom stereocenters. The highest BCUT2D eigenvalue weighted by molar-refractivity contribution is 5.58. The van der Waals surface area contributed by atoms with E-state index in [1.54, 1.807) is 0 Å². The number of aliphatic hydroxyl groups is 8. The van der Waals surface area contributed by atoms with Crippen LogP contribution in [0.1, 0.15) is 0 Å². The Morgan fingerprint density at radius 3 is 2.10 bits per heavy atom. The van der Waals surface area contributed by atoms with Crippen molar-refractivity contribution in [3.8, 4) is 0 Å². The van der Waals surface area contributed by atoms with Gasteiger partial charge in [0.1, 0.15) is 42.7 Å². The van der Waals surface area contributed by atoms with E-state index in [4.69, 9.17) is 14.9 Å². The first-order valence-corrected chi connectivity index (χ1v) is 6.20. The molecule has 1 saturated heterocycles. The van der Waals surface area contributed by atoms with Gasteiger partial charge in [-0.3, -0.25) is 0 Å². The molecule has 0 spiro atoms. The lowest BCUT2D eigenvalue weighted by Gasteiger charge is -2.48. The minimum Gasteiger partial charge on any atom is -0.394 e. The highest BCUT2D eigenvalue weighted by Crippen LogP contribution is 2.32. The number of hydrogen-bond donors (Lipinski definition) is 8. The van der Waals surface area contributed by atoms with Crippen molar-refractivity contribution in [2.75, 3.05) is 13.2 Å². The quantitative estimate of drug-likeness (QED) is 0.220. The maximum atomic E-state index is 10.7. The molecule has 8 N–H and O–H groups in total. The van der Waals surface area contributed by atoms with Gasteiger partial charge in [0, 0.05) is 0 Å². The first-order chi connectivity index (χ1) is 9.75. The van der Waals surface area contributed by atoms with Crippen LogP contribution in [0.3, 0.4) is 0 Å². The first kappa shape index (κ1) is 18.4. The Balaban J connectivity index is 3.19. The van der Waals surface area contributed by atoms with Gasteiger partial charge in [-0.25, -0.2) is 0 Å². The van der Waals surface area contributed by atoms with Crippen LogP contribution in [0.2, 0.25) is 0 Å². The Morgan fingerprint density at radius 1 is 1.10 bits per heavy atom. The molecule has 0 radical (unpaired) electrons. The summed E-state index contributed by atoms with van der Waals surface area (Å²) in [7, 11) is 0. The minimum absolute atomic E-state index is 0.152. The number of hydrogen-bond acceptors (Lipinski definition) is 10. The summed E-state index contributed by atoms with van der Waals surface area (Å²) in [5.74, 6) is 0. The molecular formula is C11H20O10. The molecule has 0 aromatic carbocycles. The third-order valence-electron chi connectivity index (χ3n) is 3.66. The molecule has 1 heterocycles. The maximum Gasteiger partial charge on any atom is 0.154 e. The third-order valence-corrected chi connectivity index (χ3v) is 3.66. The summed E-state index contributed by atoms with van der Waals surface area (Å²) in [5.41, 5.74) is -2.86. The number of rotatable bonds is 6. The summed E-state index contributed by atoms with van der Waals surface area (Å²) in [4.78, 5) is 10.7. The zero-order chi connectivity index (χ0) is 16.4. The van der Waals surface area contributed by atoms with E-state index in [9.17, 15) is 35.4 Å². The topological polar surface area (TPSA) is 188 Å². The van der Waals surface area contributed by atoms with E-state index < -0.39 is 61.5 Å². The maximum absolute atomic E-state index is 10.7. The van der Waals surface area contributed by atoms with Crippen LogP contribution < -0.4 is 0 Å². The van der Waals surface area contributed by atoms with Gasteiger partial charge in [-0.2, -0.15) is 0 Å². The predicted octanol–water partition coefficient (Wildman–Crippen LogP) is -5.53. The van der Waals surface area contributed by atoms with Crippen molar-refractivity contribution in [3.05, 3.63) is 0 Å². The molecule has 1 fully saturated rings. The molecule has 0 aromatic rings. The molecule has 10 heteroatoms. The van der Waals surface area contributed by atoms with Crippen LogP contribution in [-0.2, 0) is 9.53 Å². The summed E-state index contributed by atoms with van der Waals surface area (Å²) >= 11 is 0. The largest absolute Gasteiger partial charge is 0.394 e. The van der Waals surface area contributed by atoms with Crippen molar-refractivity contribution in [2.45, 2.75) is 48.3 Å². The van der Waals surface area contributed by atoms with Gasteiger partial charge in [0.2, 0.25) is 0 Å². The second kappa shape index (κ2) is 7.05. The average Bonchev–Trinajstić information content (AvgIpc) is 2.50. The zero-order valence-electron chi connectivity index (χ0n) is 10.9. The molecule has 8 atom stereocenters. The van der Waals surface area contributed by atoms with E-state index in [-0.39, 0.29) is 6.29 Å². The number of carbonyl (C=O) groups excluding carboxylic acids is 1. The van der Waals surface area contributed by atoms with Crippen molar-refractivity contribution in [1.82, 2.24) is 0 Å². The third kappa shape index (κ3) is 3.08. The molecule has 10 nitrogen and oxygen atoms in total. The molecule has 1 aliphatic heterocycles. The Labute approximate surface area is 119 Å². The SMILES string of the molecule is O=C[C@@H](O)[C@](O)([C@H](O)CO)[C@@H]1O[C@H](CO)[C@H](O)[C@H](O)[C@H]1O. The van der Waals surface area contributed by atoms with Gasteiger partial charge in [-0.1, -0.05) is 0 Å². The Bertz CT molecular complexity index is 350. The lowest BCUT2D eigenvalue weighted by molar-refractivity contribution is -0.300. The molecule has 1 rings (SSSR count). The number of aliphatic hydroxyl groups excluding tert-OH is 7. The smallest absolute Gasteiger partial charge is 0.154 e. The summed E-state index contributed by atoms with van der Waals surface area (Å²) < 4.78 is 4.99. The number of carbonyl (C=O) groups is 1. The van der Waals surface area contributed by atoms with Crippen molar-refractivity contribution in [1.29, 1.82) is 0 Å². The van der Waals surface area contributed by atoms with E-state index >= 15 is 0 Å². The van der Waals surface area contributed by atoms with E-state index in [0.717, 1.165) is 0 Å². The van der Waals surface area contributed by atoms with Gasteiger partial charge >= 0.3 is 0 Å². The second-order valence-corrected chi connectivity index (χ2v) is 4.92. The highest BCUT2D eigenvalue weighted by Gasteiger charge is 2.58. The first-order valence-electron chi connectivity index (χ1n) is 6.20. The van der Waals surface area contributed by atoms with Crippen molar-refractivity contribution in [2.24, 2.45) is 0 Å². The van der Waals surface area contributed by atoms with Crippen LogP contribution >= 0.6 is 0 Å². The molecule has 0 aromatic heterocycles. The van der Waals surface area contributed by atoms with E-state index in [1.165, 1.54) is 0 Å². The van der Waals surface area contributed by atoms with Gasteiger partial charge in [0.25, 0.3) is 0 Å². The second-order valence-electron chi connectivity index (χ2n) is 4.92. The van der Waals surface area contributed by atoms with Crippen LogP contribution in [0.5, 0.6) is 0 Å². The van der Waals surface area contributed by atoms with Crippen LogP contribution in [0, 0.1) is 0 Å². The monoisotopic (exact) mass is 312 g/mol. The molecule has 124 valence electrons. The summed E-state index contributed by atoms with van der Waals surface area (Å²) in [6.07, 6.45) is -13.5. The molecule has 0 aliphatic carbocycles. The molecule has 0 saturated carbocycles. The van der Waals surface area contributed by atoms with Crippen molar-refractivity contribution in [3.63, 3.8) is 0 Å². The van der Waals surface area contributed by atoms with Crippen molar-refractivity contribution < 1.29 is 50.4 Å². The summed E-state index contributed by atoms with van der Waals surface area (Å²) in [5, 5.41) is 76.6. The molecule has 0 amide bonds. The van der Waals surface area contributed by atoms with Gasteiger partial charge in [0.05, 0.1) is 13.2 Å². The predicted molar refractivity (Wildman–Crippen MR) is 63.9 cm³/mol. The highest BCUT2D eigenvalue weighted by atomic mass is 16.6. The van der Waals surface area contributed by atoms with E-state index in [0.29, 0.717) is 0 Å². The number of aldehydes is 1. The Kier molecular flexibility index (Phi) is 6.16. The Hall–Kier alpha value is -0.690. The average molecular weight is 312 g/mol. The summed E-state index contributed by atoms with van der Waals surface area (Å²) in [6.45, 7) is -1.89. The fourth-order valence-corrected chi connectivity index (χ4v) is 2.29. The molecular weight excluding hydrogens is 292 g/mol. The number of ether oxygens (including phenoxy) is 1. The van der Waals surface area contributed by atoms with Gasteiger partial charge < -0.3 is 50.4 Å². The van der Waals surface area contributed by atoms with Crippen LogP contribution in [-0.4, -0.2) is 109 Å². The van der Waals surface area contributed by atoms with E-state index in [2.05, 4.69) is 0 Å². The van der Waals surface area contributed by atoms with Crippen LogP contribution in [0.4, 0.5) is 0 Å². The molecule has 1 aliphatic rings. The lowest BCUT2D eigenvalue weighted by atomic mass is 9.78. The van der Waals surface area contributed by atoms with Gasteiger partial charge in [-0.05, 0) is 0 Å². The normalized spacial score (nSPS) is 39.3. The van der Waals surface area contributed by atoms with Crippen LogP contribution in [0.15, 0.2) is 0 Å². The Morgan fingerprint density at radius 2 is 1.67 bits per heavy atom. The fourth-order valence-electron chi connectivity index (χ4n) is 2.29. The van der Waals surface area contributed by atoms with E-state index in [1.807, 2.05) is 0 Å². The van der Waals surface area contributed by atoms with Crippen molar-refractivity contribution >= 4 is 6.29 Å². The standard InChI is InChI=1S/C11H20O10/c12-1-4-7(17)8(18)9(19)10(21-4)11(20,5(15)2-13)6(16)3-14/h2,4-10,12,14-20H,1,3H2/t4-,5-,6-,7+,8+,9-,10-,11+/m1/s1. The minimum atomic E-state index is -2.86. The molecule has 0 bridgehead atoms. The van der Waals surface area contributed by atoms with Gasteiger partial charge in [-0.15, -0.1) is 0 Å². The fraction of sp³-hybridized carbons (Fsp3) is 0.909.